The lowest BCUT2D eigenvalue weighted by Crippen LogP contribution is -2.27. The molecule has 0 heterocycles. The zero-order valence-electron chi connectivity index (χ0n) is 12.2. The molecule has 1 aromatic carbocycles. The summed E-state index contributed by atoms with van der Waals surface area (Å²) in [5.41, 5.74) is 0.731. The van der Waals surface area contributed by atoms with E-state index in [1.807, 2.05) is 6.92 Å². The Morgan fingerprint density at radius 1 is 1.48 bits per heavy atom. The third-order valence-electron chi connectivity index (χ3n) is 5.44. The highest BCUT2D eigenvalue weighted by atomic mass is 19.1. The monoisotopic (exact) mass is 290 g/mol. The topological polar surface area (TPSA) is 54.4 Å². The summed E-state index contributed by atoms with van der Waals surface area (Å²) >= 11 is 0. The van der Waals surface area contributed by atoms with Crippen LogP contribution >= 0.6 is 0 Å². The Bertz CT molecular complexity index is 624. The number of aryl methyl sites for hydroxylation is 1. The van der Waals surface area contributed by atoms with Crippen LogP contribution in [-0.2, 0) is 16.0 Å². The van der Waals surface area contributed by atoms with Gasteiger partial charge in [0.25, 0.3) is 0 Å². The van der Waals surface area contributed by atoms with Crippen LogP contribution in [0.2, 0.25) is 0 Å². The van der Waals surface area contributed by atoms with Crippen molar-refractivity contribution < 1.29 is 19.1 Å². The van der Waals surface area contributed by atoms with Crippen molar-refractivity contribution in [3.05, 3.63) is 35.1 Å². The molecule has 3 rings (SSSR count). The lowest BCUT2D eigenvalue weighted by atomic mass is 9.84. The summed E-state index contributed by atoms with van der Waals surface area (Å²) in [5, 5.41) is 9.38. The maximum atomic E-state index is 13.3. The van der Waals surface area contributed by atoms with Gasteiger partial charge in [0, 0.05) is 11.8 Å². The number of Topliss-reactive ketones (excluding diaryl/α,β-unsaturated/α-hetero) is 1. The average Bonchev–Trinajstić information content (AvgIpc) is 2.99. The molecular weight excluding hydrogens is 271 g/mol. The van der Waals surface area contributed by atoms with E-state index < -0.39 is 11.4 Å². The second-order valence-corrected chi connectivity index (χ2v) is 6.41. The molecule has 2 aliphatic carbocycles. The fraction of sp³-hybridized carbons (Fsp3) is 0.529. The Labute approximate surface area is 123 Å². The number of rotatable bonds is 4. The van der Waals surface area contributed by atoms with Gasteiger partial charge in [-0.1, -0.05) is 19.1 Å². The minimum absolute atomic E-state index is 0.000884. The van der Waals surface area contributed by atoms with Gasteiger partial charge in [0.1, 0.15) is 11.6 Å². The molecule has 0 radical (unpaired) electrons. The number of carbonyl (C=O) groups is 2. The molecule has 4 unspecified atom stereocenters. The Morgan fingerprint density at radius 3 is 2.67 bits per heavy atom. The van der Waals surface area contributed by atoms with E-state index in [0.717, 1.165) is 5.56 Å². The van der Waals surface area contributed by atoms with E-state index in [0.29, 0.717) is 24.8 Å². The third-order valence-corrected chi connectivity index (χ3v) is 5.44. The molecule has 0 saturated heterocycles. The molecule has 1 aromatic rings. The summed E-state index contributed by atoms with van der Waals surface area (Å²) < 4.78 is 13.3. The van der Waals surface area contributed by atoms with Crippen molar-refractivity contribution in [2.45, 2.75) is 33.1 Å². The Morgan fingerprint density at radius 2 is 2.19 bits per heavy atom. The van der Waals surface area contributed by atoms with E-state index in [2.05, 4.69) is 0 Å². The van der Waals surface area contributed by atoms with Gasteiger partial charge in [0.15, 0.2) is 0 Å². The van der Waals surface area contributed by atoms with Crippen molar-refractivity contribution in [1.29, 1.82) is 0 Å². The van der Waals surface area contributed by atoms with Gasteiger partial charge in [-0.05, 0) is 49.3 Å². The summed E-state index contributed by atoms with van der Waals surface area (Å²) in [4.78, 5) is 23.9. The number of halogens is 1. The second-order valence-electron chi connectivity index (χ2n) is 6.41. The average molecular weight is 290 g/mol. The van der Waals surface area contributed by atoms with Crippen LogP contribution in [0.1, 0.15) is 30.9 Å². The fourth-order valence-corrected chi connectivity index (χ4v) is 4.22. The number of fused-ring (bicyclic) bond motifs is 1. The SMILES string of the molecule is CCC1(C(=O)O)C2CC(Cc3ccc(F)c(C)c3)C(=O)C21. The summed E-state index contributed by atoms with van der Waals surface area (Å²) in [6, 6.07) is 4.92. The van der Waals surface area contributed by atoms with Crippen LogP contribution in [0.25, 0.3) is 0 Å². The normalized spacial score (nSPS) is 33.9. The highest BCUT2D eigenvalue weighted by Gasteiger charge is 2.75. The molecule has 2 aliphatic rings. The molecule has 0 spiro atoms. The minimum atomic E-state index is -0.829. The van der Waals surface area contributed by atoms with Crippen molar-refractivity contribution in [3.63, 3.8) is 0 Å². The van der Waals surface area contributed by atoms with Crippen molar-refractivity contribution in [1.82, 2.24) is 0 Å². The molecule has 0 amide bonds. The van der Waals surface area contributed by atoms with Crippen molar-refractivity contribution in [2.75, 3.05) is 0 Å². The van der Waals surface area contributed by atoms with Crippen molar-refractivity contribution in [2.24, 2.45) is 23.2 Å². The molecule has 4 atom stereocenters. The minimum Gasteiger partial charge on any atom is -0.481 e. The van der Waals surface area contributed by atoms with Gasteiger partial charge in [-0.25, -0.2) is 4.39 Å². The Kier molecular flexibility index (Phi) is 3.15. The molecular formula is C17H19FO3. The number of hydrogen-bond donors (Lipinski definition) is 1. The molecule has 21 heavy (non-hydrogen) atoms. The fourth-order valence-electron chi connectivity index (χ4n) is 4.22. The summed E-state index contributed by atoms with van der Waals surface area (Å²) in [7, 11) is 0. The predicted molar refractivity (Wildman–Crippen MR) is 75.3 cm³/mol. The van der Waals surface area contributed by atoms with E-state index in [9.17, 15) is 19.1 Å². The number of benzene rings is 1. The van der Waals surface area contributed by atoms with Crippen LogP contribution in [0, 0.1) is 35.9 Å². The second kappa shape index (κ2) is 4.65. The quantitative estimate of drug-likeness (QED) is 0.927. The van der Waals surface area contributed by atoms with Crippen LogP contribution in [0.3, 0.4) is 0 Å². The summed E-state index contributed by atoms with van der Waals surface area (Å²) in [5.74, 6) is -1.39. The molecule has 1 N–H and O–H groups in total. The van der Waals surface area contributed by atoms with Gasteiger partial charge in [-0.15, -0.1) is 0 Å². The number of carboxylic acid groups (broad SMARTS) is 1. The lowest BCUT2D eigenvalue weighted by molar-refractivity contribution is -0.147. The van der Waals surface area contributed by atoms with E-state index in [4.69, 9.17) is 0 Å². The highest BCUT2D eigenvalue weighted by molar-refractivity contribution is 5.98. The zero-order valence-corrected chi connectivity index (χ0v) is 12.2. The van der Waals surface area contributed by atoms with E-state index in [-0.39, 0.29) is 29.4 Å². The van der Waals surface area contributed by atoms with Gasteiger partial charge in [0.05, 0.1) is 5.41 Å². The zero-order chi connectivity index (χ0) is 15.4. The Balaban J connectivity index is 1.73. The van der Waals surface area contributed by atoms with Crippen molar-refractivity contribution >= 4 is 11.8 Å². The first-order chi connectivity index (χ1) is 9.91. The third kappa shape index (κ3) is 1.92. The van der Waals surface area contributed by atoms with Crippen LogP contribution in [0.15, 0.2) is 18.2 Å². The number of ketones is 1. The first kappa shape index (κ1) is 14.2. The summed E-state index contributed by atoms with van der Waals surface area (Å²) in [6.45, 7) is 3.55. The van der Waals surface area contributed by atoms with Crippen LogP contribution in [0.4, 0.5) is 4.39 Å². The van der Waals surface area contributed by atoms with E-state index in [1.165, 1.54) is 6.07 Å². The van der Waals surface area contributed by atoms with Crippen LogP contribution < -0.4 is 0 Å². The van der Waals surface area contributed by atoms with Gasteiger partial charge < -0.3 is 5.11 Å². The van der Waals surface area contributed by atoms with Gasteiger partial charge in [-0.3, -0.25) is 9.59 Å². The number of carbonyl (C=O) groups excluding carboxylic acids is 1. The highest BCUT2D eigenvalue weighted by Crippen LogP contribution is 2.69. The van der Waals surface area contributed by atoms with Gasteiger partial charge in [0.2, 0.25) is 0 Å². The Hall–Kier alpha value is -1.71. The molecule has 2 fully saturated rings. The number of carboxylic acids is 1. The molecule has 4 heteroatoms. The maximum absolute atomic E-state index is 13.3. The van der Waals surface area contributed by atoms with Crippen LogP contribution in [0.5, 0.6) is 0 Å². The van der Waals surface area contributed by atoms with Crippen LogP contribution in [-0.4, -0.2) is 16.9 Å². The van der Waals surface area contributed by atoms with Gasteiger partial charge >= 0.3 is 5.97 Å². The van der Waals surface area contributed by atoms with Crippen molar-refractivity contribution in [3.8, 4) is 0 Å². The van der Waals surface area contributed by atoms with E-state index >= 15 is 0 Å². The molecule has 0 bridgehead atoms. The molecule has 0 aromatic heterocycles. The molecule has 0 aliphatic heterocycles. The maximum Gasteiger partial charge on any atom is 0.310 e. The van der Waals surface area contributed by atoms with E-state index in [1.54, 1.807) is 19.1 Å². The summed E-state index contributed by atoms with van der Waals surface area (Å²) in [6.07, 6.45) is 1.76. The standard InChI is InChI=1S/C17H19FO3/c1-3-17(16(20)21)12-8-11(15(19)14(12)17)7-10-4-5-13(18)9(2)6-10/h4-6,11-12,14H,3,7-8H2,1-2H3,(H,20,21). The number of hydrogen-bond acceptors (Lipinski definition) is 2. The first-order valence-electron chi connectivity index (χ1n) is 7.44. The molecule has 3 nitrogen and oxygen atoms in total. The lowest BCUT2D eigenvalue weighted by Gasteiger charge is -2.18. The molecule has 2 saturated carbocycles. The first-order valence-corrected chi connectivity index (χ1v) is 7.44. The predicted octanol–water partition coefficient (Wildman–Crippen LogP) is 2.99. The smallest absolute Gasteiger partial charge is 0.310 e. The molecule has 112 valence electrons. The number of aliphatic carboxylic acids is 1. The van der Waals surface area contributed by atoms with Gasteiger partial charge in [-0.2, -0.15) is 0 Å². The largest absolute Gasteiger partial charge is 0.481 e.